The number of benzene rings is 1. The van der Waals surface area contributed by atoms with Crippen molar-refractivity contribution in [2.45, 2.75) is 31.6 Å². The third-order valence-corrected chi connectivity index (χ3v) is 4.09. The predicted molar refractivity (Wildman–Crippen MR) is 79.1 cm³/mol. The van der Waals surface area contributed by atoms with Gasteiger partial charge in [-0.3, -0.25) is 4.79 Å². The van der Waals surface area contributed by atoms with Gasteiger partial charge in [-0.2, -0.15) is 0 Å². The Morgan fingerprint density at radius 2 is 2.00 bits per heavy atom. The Kier molecular flexibility index (Phi) is 5.39. The molecule has 0 aromatic heterocycles. The van der Waals surface area contributed by atoms with E-state index in [1.165, 1.54) is 0 Å². The topological polar surface area (TPSA) is 40.5 Å². The molecule has 106 valence electrons. The number of nitrogens with zero attached hydrogens (tertiary/aromatic N) is 1. The van der Waals surface area contributed by atoms with E-state index in [0.717, 1.165) is 31.5 Å². The second kappa shape index (κ2) is 6.40. The number of carbonyl (C=O) groups excluding carboxylic acids is 1. The smallest absolute Gasteiger partial charge is 0.143 e. The standard InChI is InChI=1S/C15H21NO2.ClH/c1-3-14(18)15(7-9-16(2)10-8-15)12-5-4-6-13(17)11-12;/h4-6,11,17H,3,7-10H2,1-2H3;1H. The Morgan fingerprint density at radius 1 is 1.37 bits per heavy atom. The van der Waals surface area contributed by atoms with Crippen LogP contribution in [0.4, 0.5) is 0 Å². The van der Waals surface area contributed by atoms with Gasteiger partial charge < -0.3 is 10.0 Å². The highest BCUT2D eigenvalue weighted by molar-refractivity contribution is 5.90. The lowest BCUT2D eigenvalue weighted by atomic mass is 9.69. The van der Waals surface area contributed by atoms with Crippen molar-refractivity contribution >= 4 is 18.2 Å². The molecule has 1 fully saturated rings. The lowest BCUT2D eigenvalue weighted by Crippen LogP contribution is -2.45. The number of likely N-dealkylation sites (tertiary alicyclic amines) is 1. The molecule has 0 aliphatic carbocycles. The van der Waals surface area contributed by atoms with E-state index < -0.39 is 0 Å². The molecule has 19 heavy (non-hydrogen) atoms. The summed E-state index contributed by atoms with van der Waals surface area (Å²) in [5.74, 6) is 0.538. The van der Waals surface area contributed by atoms with Gasteiger partial charge in [0.15, 0.2) is 0 Å². The number of Topliss-reactive ketones (excluding diaryl/α,β-unsaturated/α-hetero) is 1. The second-order valence-corrected chi connectivity index (χ2v) is 5.21. The van der Waals surface area contributed by atoms with Gasteiger partial charge in [0.25, 0.3) is 0 Å². The predicted octanol–water partition coefficient (Wildman–Crippen LogP) is 2.76. The fourth-order valence-electron chi connectivity index (χ4n) is 2.87. The zero-order chi connectivity index (χ0) is 13.2. The fourth-order valence-corrected chi connectivity index (χ4v) is 2.87. The van der Waals surface area contributed by atoms with Crippen molar-refractivity contribution in [1.82, 2.24) is 4.90 Å². The molecule has 0 radical (unpaired) electrons. The molecule has 3 nitrogen and oxygen atoms in total. The minimum absolute atomic E-state index is 0. The number of carbonyl (C=O) groups is 1. The fraction of sp³-hybridized carbons (Fsp3) is 0.533. The van der Waals surface area contributed by atoms with E-state index in [1.54, 1.807) is 12.1 Å². The maximum Gasteiger partial charge on any atom is 0.143 e. The number of halogens is 1. The average Bonchev–Trinajstić information content (AvgIpc) is 2.39. The highest BCUT2D eigenvalue weighted by Crippen LogP contribution is 2.38. The Morgan fingerprint density at radius 3 is 2.53 bits per heavy atom. The Hall–Kier alpha value is -1.06. The molecule has 1 aromatic carbocycles. The summed E-state index contributed by atoms with van der Waals surface area (Å²) in [6, 6.07) is 7.20. The van der Waals surface area contributed by atoms with Crippen LogP contribution >= 0.6 is 12.4 Å². The van der Waals surface area contributed by atoms with Gasteiger partial charge in [0.05, 0.1) is 5.41 Å². The first kappa shape index (κ1) is 16.0. The van der Waals surface area contributed by atoms with Crippen LogP contribution in [-0.4, -0.2) is 35.9 Å². The number of phenols is 1. The van der Waals surface area contributed by atoms with Crippen LogP contribution in [0.5, 0.6) is 5.75 Å². The zero-order valence-electron chi connectivity index (χ0n) is 11.6. The SMILES string of the molecule is CCC(=O)C1(c2cccc(O)c2)CCN(C)CC1.Cl. The summed E-state index contributed by atoms with van der Waals surface area (Å²) in [4.78, 5) is 14.7. The minimum Gasteiger partial charge on any atom is -0.508 e. The van der Waals surface area contributed by atoms with E-state index in [1.807, 2.05) is 19.1 Å². The Balaban J connectivity index is 0.00000180. The van der Waals surface area contributed by atoms with Crippen molar-refractivity contribution in [2.24, 2.45) is 0 Å². The average molecular weight is 284 g/mol. The maximum atomic E-state index is 12.4. The molecule has 1 N–H and O–H groups in total. The van der Waals surface area contributed by atoms with Crippen LogP contribution in [0, 0.1) is 0 Å². The molecule has 1 aliphatic rings. The van der Waals surface area contributed by atoms with Crippen LogP contribution in [0.15, 0.2) is 24.3 Å². The molecule has 0 spiro atoms. The molecule has 0 saturated carbocycles. The van der Waals surface area contributed by atoms with Crippen molar-refractivity contribution in [3.05, 3.63) is 29.8 Å². The maximum absolute atomic E-state index is 12.4. The summed E-state index contributed by atoms with van der Waals surface area (Å²) in [5.41, 5.74) is 0.586. The third kappa shape index (κ3) is 3.10. The molecule has 1 aromatic rings. The number of aromatic hydroxyl groups is 1. The molecule has 0 bridgehead atoms. The molecule has 4 heteroatoms. The van der Waals surface area contributed by atoms with Crippen LogP contribution < -0.4 is 0 Å². The highest BCUT2D eigenvalue weighted by atomic mass is 35.5. The molecule has 0 unspecified atom stereocenters. The molecule has 1 aliphatic heterocycles. The van der Waals surface area contributed by atoms with Crippen LogP contribution in [0.25, 0.3) is 0 Å². The van der Waals surface area contributed by atoms with Crippen molar-refractivity contribution in [2.75, 3.05) is 20.1 Å². The highest BCUT2D eigenvalue weighted by Gasteiger charge is 2.40. The summed E-state index contributed by atoms with van der Waals surface area (Å²) in [7, 11) is 2.09. The minimum atomic E-state index is -0.389. The second-order valence-electron chi connectivity index (χ2n) is 5.21. The van der Waals surface area contributed by atoms with Crippen molar-refractivity contribution < 1.29 is 9.90 Å². The van der Waals surface area contributed by atoms with Gasteiger partial charge in [0.2, 0.25) is 0 Å². The molecular weight excluding hydrogens is 262 g/mol. The van der Waals surface area contributed by atoms with E-state index in [4.69, 9.17) is 0 Å². The summed E-state index contributed by atoms with van der Waals surface area (Å²) in [5, 5.41) is 9.64. The first-order chi connectivity index (χ1) is 8.58. The normalized spacial score (nSPS) is 18.6. The molecule has 2 rings (SSSR count). The van der Waals surface area contributed by atoms with Crippen molar-refractivity contribution in [1.29, 1.82) is 0 Å². The molecule has 1 saturated heterocycles. The van der Waals surface area contributed by atoms with E-state index >= 15 is 0 Å². The Bertz CT molecular complexity index is 440. The number of piperidine rings is 1. The van der Waals surface area contributed by atoms with Gasteiger partial charge in [-0.15, -0.1) is 12.4 Å². The summed E-state index contributed by atoms with van der Waals surface area (Å²) >= 11 is 0. The molecule has 1 heterocycles. The largest absolute Gasteiger partial charge is 0.508 e. The first-order valence-electron chi connectivity index (χ1n) is 6.60. The van der Waals surface area contributed by atoms with E-state index in [9.17, 15) is 9.90 Å². The number of ketones is 1. The quantitative estimate of drug-likeness (QED) is 0.927. The van der Waals surface area contributed by atoms with Crippen LogP contribution in [-0.2, 0) is 10.2 Å². The number of rotatable bonds is 3. The zero-order valence-corrected chi connectivity index (χ0v) is 12.4. The summed E-state index contributed by atoms with van der Waals surface area (Å²) in [6.45, 7) is 3.79. The molecule has 0 amide bonds. The lowest BCUT2D eigenvalue weighted by Gasteiger charge is -2.40. The van der Waals surface area contributed by atoms with Gasteiger partial charge >= 0.3 is 0 Å². The number of hydrogen-bond acceptors (Lipinski definition) is 3. The van der Waals surface area contributed by atoms with Gasteiger partial charge in [0.1, 0.15) is 11.5 Å². The third-order valence-electron chi connectivity index (χ3n) is 4.09. The summed E-state index contributed by atoms with van der Waals surface area (Å²) in [6.07, 6.45) is 2.25. The van der Waals surface area contributed by atoms with Crippen LogP contribution in [0.1, 0.15) is 31.7 Å². The first-order valence-corrected chi connectivity index (χ1v) is 6.60. The summed E-state index contributed by atoms with van der Waals surface area (Å²) < 4.78 is 0. The van der Waals surface area contributed by atoms with Gasteiger partial charge in [-0.05, 0) is 50.7 Å². The number of hydrogen-bond donors (Lipinski definition) is 1. The van der Waals surface area contributed by atoms with Crippen LogP contribution in [0.3, 0.4) is 0 Å². The Labute approximate surface area is 121 Å². The monoisotopic (exact) mass is 283 g/mol. The lowest BCUT2D eigenvalue weighted by molar-refractivity contribution is -0.126. The van der Waals surface area contributed by atoms with Crippen molar-refractivity contribution in [3.63, 3.8) is 0 Å². The van der Waals surface area contributed by atoms with E-state index in [-0.39, 0.29) is 23.6 Å². The van der Waals surface area contributed by atoms with Crippen molar-refractivity contribution in [3.8, 4) is 5.75 Å². The van der Waals surface area contributed by atoms with Gasteiger partial charge in [-0.25, -0.2) is 0 Å². The molecule has 0 atom stereocenters. The van der Waals surface area contributed by atoms with Crippen LogP contribution in [0.2, 0.25) is 0 Å². The van der Waals surface area contributed by atoms with E-state index in [2.05, 4.69) is 11.9 Å². The number of phenolic OH excluding ortho intramolecular Hbond substituents is 1. The molecular formula is C15H22ClNO2. The van der Waals surface area contributed by atoms with Gasteiger partial charge in [0, 0.05) is 6.42 Å². The van der Waals surface area contributed by atoms with Gasteiger partial charge in [-0.1, -0.05) is 19.1 Å². The van der Waals surface area contributed by atoms with E-state index in [0.29, 0.717) is 12.2 Å².